The average molecular weight is 538 g/mol. The number of benzene rings is 2. The molecule has 1 aliphatic heterocycles. The van der Waals surface area contributed by atoms with Gasteiger partial charge in [0.15, 0.2) is 15.4 Å². The molecule has 0 radical (unpaired) electrons. The molecule has 1 unspecified atom stereocenters. The Bertz CT molecular complexity index is 1330. The van der Waals surface area contributed by atoms with Crippen LogP contribution in [0, 0.1) is 0 Å². The molecular weight excluding hydrogens is 514 g/mol. The summed E-state index contributed by atoms with van der Waals surface area (Å²) in [6.45, 7) is 1.83. The zero-order valence-corrected chi connectivity index (χ0v) is 21.1. The number of aliphatic hydroxyl groups is 1. The van der Waals surface area contributed by atoms with Crippen molar-refractivity contribution in [2.24, 2.45) is 0 Å². The van der Waals surface area contributed by atoms with Gasteiger partial charge >= 0.3 is 12.0 Å². The van der Waals surface area contributed by atoms with E-state index in [0.717, 1.165) is 17.0 Å². The number of urea groups is 1. The van der Waals surface area contributed by atoms with Crippen LogP contribution in [0.4, 0.5) is 10.5 Å². The Morgan fingerprint density at radius 3 is 2.08 bits per heavy atom. The number of β-amino-alcohol motifs (C(OH)–C–C–N with tert-alkyl or cyclic N) is 1. The Labute approximate surface area is 212 Å². The Morgan fingerprint density at radius 2 is 1.61 bits per heavy atom. The van der Waals surface area contributed by atoms with E-state index in [0.29, 0.717) is 15.5 Å². The lowest BCUT2D eigenvalue weighted by molar-refractivity contribution is -0.158. The fourth-order valence-electron chi connectivity index (χ4n) is 3.50. The molecule has 0 spiro atoms. The van der Waals surface area contributed by atoms with Crippen molar-refractivity contribution in [3.63, 3.8) is 0 Å². The van der Waals surface area contributed by atoms with Crippen LogP contribution in [0.15, 0.2) is 53.4 Å². The summed E-state index contributed by atoms with van der Waals surface area (Å²) < 4.78 is 25.9. The molecule has 2 aromatic rings. The number of nitrogens with zero attached hydrogens (tertiary/aromatic N) is 2. The van der Waals surface area contributed by atoms with Crippen LogP contribution < -0.4 is 5.32 Å². The van der Waals surface area contributed by atoms with Crippen LogP contribution in [-0.4, -0.2) is 82.7 Å². The van der Waals surface area contributed by atoms with E-state index in [1.807, 2.05) is 0 Å². The third kappa shape index (κ3) is 5.20. The number of carbonyl (C=O) groups is 4. The molecule has 0 bridgehead atoms. The largest absolute Gasteiger partial charge is 0.479 e. The van der Waals surface area contributed by atoms with Crippen LogP contribution in [0.25, 0.3) is 0 Å². The summed E-state index contributed by atoms with van der Waals surface area (Å²) in [6, 6.07) is 10.1. The van der Waals surface area contributed by atoms with Crippen LogP contribution in [0.5, 0.6) is 0 Å². The van der Waals surface area contributed by atoms with E-state index < -0.39 is 57.1 Å². The second-order valence-corrected chi connectivity index (χ2v) is 11.3. The Balaban J connectivity index is 1.78. The number of sulfone groups is 1. The topological polar surface area (TPSA) is 161 Å². The lowest BCUT2D eigenvalue weighted by atomic mass is 10.0. The Kier molecular flexibility index (Phi) is 7.17. The molecule has 3 N–H and O–H groups in total. The zero-order valence-electron chi connectivity index (χ0n) is 19.6. The highest BCUT2D eigenvalue weighted by Crippen LogP contribution is 2.28. The summed E-state index contributed by atoms with van der Waals surface area (Å²) >= 11 is 5.80. The van der Waals surface area contributed by atoms with Crippen molar-refractivity contribution >= 4 is 50.9 Å². The van der Waals surface area contributed by atoms with E-state index >= 15 is 0 Å². The van der Waals surface area contributed by atoms with Crippen molar-refractivity contribution in [3.8, 4) is 0 Å². The van der Waals surface area contributed by atoms with Gasteiger partial charge in [0, 0.05) is 23.3 Å². The Hall–Kier alpha value is -3.48. The number of rotatable bonds is 8. The predicted octanol–water partition coefficient (Wildman–Crippen LogP) is 1.85. The van der Waals surface area contributed by atoms with E-state index in [2.05, 4.69) is 5.32 Å². The summed E-state index contributed by atoms with van der Waals surface area (Å²) in [5.41, 5.74) is -3.67. The van der Waals surface area contributed by atoms with E-state index in [4.69, 9.17) is 11.6 Å². The lowest BCUT2D eigenvalue weighted by Gasteiger charge is -2.27. The molecule has 13 heteroatoms. The van der Waals surface area contributed by atoms with Crippen molar-refractivity contribution in [3.05, 3.63) is 59.1 Å². The Morgan fingerprint density at radius 1 is 1.06 bits per heavy atom. The lowest BCUT2D eigenvalue weighted by Crippen LogP contribution is -2.55. The first-order chi connectivity index (χ1) is 16.6. The second kappa shape index (κ2) is 9.52. The predicted molar refractivity (Wildman–Crippen MR) is 129 cm³/mol. The quantitative estimate of drug-likeness (QED) is 0.430. The summed E-state index contributed by atoms with van der Waals surface area (Å²) in [6.07, 6.45) is 0. The molecule has 4 amide bonds. The van der Waals surface area contributed by atoms with E-state index in [1.165, 1.54) is 57.3 Å². The zero-order chi connectivity index (χ0) is 27.1. The molecule has 36 heavy (non-hydrogen) atoms. The molecule has 0 aliphatic carbocycles. The minimum Gasteiger partial charge on any atom is -0.479 e. The first-order valence-corrected chi connectivity index (χ1v) is 12.6. The fraction of sp³-hybridized carbons (Fsp3) is 0.304. The number of imide groups is 1. The molecule has 3 rings (SSSR count). The first kappa shape index (κ1) is 27.1. The number of carbonyl (C=O) groups excluding carboxylic acids is 3. The van der Waals surface area contributed by atoms with Crippen LogP contribution in [-0.2, 0) is 19.4 Å². The van der Waals surface area contributed by atoms with Gasteiger partial charge < -0.3 is 20.4 Å². The third-order valence-corrected chi connectivity index (χ3v) is 8.05. The van der Waals surface area contributed by atoms with Crippen LogP contribution >= 0.6 is 11.6 Å². The number of hydrogen-bond donors (Lipinski definition) is 3. The number of hydrogen-bond acceptors (Lipinski definition) is 7. The van der Waals surface area contributed by atoms with Crippen LogP contribution in [0.1, 0.15) is 24.2 Å². The average Bonchev–Trinajstić information content (AvgIpc) is 2.94. The van der Waals surface area contributed by atoms with Gasteiger partial charge in [0.2, 0.25) is 0 Å². The normalized spacial score (nSPS) is 17.1. The molecule has 192 valence electrons. The fourth-order valence-corrected chi connectivity index (χ4v) is 5.19. The number of likely N-dealkylation sites (N-methyl/N-ethyl adjacent to an activating group) is 1. The molecule has 0 aromatic heterocycles. The third-order valence-electron chi connectivity index (χ3n) is 5.95. The number of aliphatic carboxylic acids is 1. The SMILES string of the molecule is CN1C(=O)N(CC(O)(CS(=O)(=O)c2ccc(NC(=O)c3ccc(Cl)cc3)cc2)C(=O)O)C(=O)C1(C)C. The van der Waals surface area contributed by atoms with E-state index in [9.17, 15) is 37.8 Å². The van der Waals surface area contributed by atoms with Gasteiger partial charge in [0.1, 0.15) is 5.54 Å². The molecule has 11 nitrogen and oxygen atoms in total. The molecule has 1 heterocycles. The smallest absolute Gasteiger partial charge is 0.338 e. The number of nitrogens with one attached hydrogen (secondary N) is 1. The number of carboxylic acids is 1. The van der Waals surface area contributed by atoms with E-state index in [-0.39, 0.29) is 10.6 Å². The maximum absolute atomic E-state index is 12.9. The van der Waals surface area contributed by atoms with Gasteiger partial charge in [0.25, 0.3) is 11.8 Å². The van der Waals surface area contributed by atoms with Gasteiger partial charge in [-0.3, -0.25) is 14.5 Å². The number of halogens is 1. The maximum atomic E-state index is 12.9. The van der Waals surface area contributed by atoms with E-state index in [1.54, 1.807) is 0 Å². The highest BCUT2D eigenvalue weighted by atomic mass is 35.5. The number of amides is 4. The highest BCUT2D eigenvalue weighted by Gasteiger charge is 2.54. The van der Waals surface area contributed by atoms with Crippen molar-refractivity contribution in [1.82, 2.24) is 9.80 Å². The standard InChI is InChI=1S/C23H24ClN3O8S/c1-22(2)19(29)27(21(32)26(22)3)12-23(33,20(30)31)13-36(34,35)17-10-8-16(9-11-17)25-18(28)14-4-6-15(24)7-5-14/h4-11,33H,12-13H2,1-3H3,(H,25,28)(H,30,31). The molecule has 0 saturated carbocycles. The summed E-state index contributed by atoms with van der Waals surface area (Å²) in [5.74, 6) is -4.44. The molecule has 1 atom stereocenters. The minimum absolute atomic E-state index is 0.265. The van der Waals surface area contributed by atoms with Crippen molar-refractivity contribution in [2.45, 2.75) is 29.9 Å². The van der Waals surface area contributed by atoms with Crippen LogP contribution in [0.3, 0.4) is 0 Å². The monoisotopic (exact) mass is 537 g/mol. The van der Waals surface area contributed by atoms with Crippen molar-refractivity contribution in [2.75, 3.05) is 24.7 Å². The van der Waals surface area contributed by atoms with Crippen LogP contribution in [0.2, 0.25) is 5.02 Å². The van der Waals surface area contributed by atoms with Gasteiger partial charge in [0.05, 0.1) is 17.2 Å². The van der Waals surface area contributed by atoms with Gasteiger partial charge in [-0.05, 0) is 62.4 Å². The van der Waals surface area contributed by atoms with Gasteiger partial charge in [-0.25, -0.2) is 18.0 Å². The van der Waals surface area contributed by atoms with Gasteiger partial charge in [-0.15, -0.1) is 0 Å². The number of anilines is 1. The molecule has 1 aliphatic rings. The molecule has 1 saturated heterocycles. The second-order valence-electron chi connectivity index (χ2n) is 8.87. The minimum atomic E-state index is -4.41. The molecular formula is C23H24ClN3O8S. The first-order valence-electron chi connectivity index (χ1n) is 10.5. The molecule has 1 fully saturated rings. The summed E-state index contributed by atoms with van der Waals surface area (Å²) in [7, 11) is -3.07. The van der Waals surface area contributed by atoms with Crippen molar-refractivity contribution in [1.29, 1.82) is 0 Å². The summed E-state index contributed by atoms with van der Waals surface area (Å²) in [5, 5.41) is 23.4. The highest BCUT2D eigenvalue weighted by molar-refractivity contribution is 7.91. The molecule has 2 aromatic carbocycles. The van der Waals surface area contributed by atoms with Crippen molar-refractivity contribution < 1.29 is 37.8 Å². The van der Waals surface area contributed by atoms with Gasteiger partial charge in [-0.2, -0.15) is 0 Å². The maximum Gasteiger partial charge on any atom is 0.338 e. The summed E-state index contributed by atoms with van der Waals surface area (Å²) in [4.78, 5) is 50.5. The number of carboxylic acid groups (broad SMARTS) is 1. The van der Waals surface area contributed by atoms with Gasteiger partial charge in [-0.1, -0.05) is 11.6 Å².